The number of nitrogens with zero attached hydrogens (tertiary/aromatic N) is 1. The number of imide groups is 1. The zero-order chi connectivity index (χ0) is 11.3. The van der Waals surface area contributed by atoms with Crippen LogP contribution in [0.5, 0.6) is 0 Å². The molecule has 1 aromatic rings. The third-order valence-corrected chi connectivity index (χ3v) is 1.81. The van der Waals surface area contributed by atoms with Crippen molar-refractivity contribution in [2.45, 2.75) is 0 Å². The summed E-state index contributed by atoms with van der Waals surface area (Å²) in [6, 6.07) is 8.26. The Kier molecular flexibility index (Phi) is 3.62. The van der Waals surface area contributed by atoms with Crippen molar-refractivity contribution in [3.05, 3.63) is 48.6 Å². The van der Waals surface area contributed by atoms with Crippen LogP contribution in [0.3, 0.4) is 0 Å². The van der Waals surface area contributed by atoms with E-state index in [1.807, 2.05) is 0 Å². The third-order valence-electron chi connectivity index (χ3n) is 1.81. The minimum absolute atomic E-state index is 0.0109. The fourth-order valence-electron chi connectivity index (χ4n) is 1.11. The van der Waals surface area contributed by atoms with Crippen LogP contribution in [-0.2, 0) is 0 Å². The second-order valence-corrected chi connectivity index (χ2v) is 2.85. The summed E-state index contributed by atoms with van der Waals surface area (Å²) in [5, 5.41) is 8.79. The van der Waals surface area contributed by atoms with E-state index in [0.717, 1.165) is 0 Å². The SMILES string of the molecule is C=CCN(C(=O)O)C(=O)c1ccccc1. The van der Waals surface area contributed by atoms with Crippen LogP contribution in [0.25, 0.3) is 0 Å². The normalized spacial score (nSPS) is 9.33. The molecule has 2 amide bonds. The van der Waals surface area contributed by atoms with Crippen molar-refractivity contribution in [1.82, 2.24) is 4.90 Å². The van der Waals surface area contributed by atoms with E-state index in [1.54, 1.807) is 30.3 Å². The average Bonchev–Trinajstić information content (AvgIpc) is 2.26. The highest BCUT2D eigenvalue weighted by Gasteiger charge is 2.20. The minimum Gasteiger partial charge on any atom is -0.465 e. The summed E-state index contributed by atoms with van der Waals surface area (Å²) >= 11 is 0. The molecule has 0 unspecified atom stereocenters. The lowest BCUT2D eigenvalue weighted by Gasteiger charge is -2.14. The van der Waals surface area contributed by atoms with Crippen LogP contribution in [0, 0.1) is 0 Å². The van der Waals surface area contributed by atoms with E-state index in [0.29, 0.717) is 10.5 Å². The molecule has 4 nitrogen and oxygen atoms in total. The number of hydrogen-bond acceptors (Lipinski definition) is 2. The van der Waals surface area contributed by atoms with Crippen LogP contribution in [0.4, 0.5) is 4.79 Å². The van der Waals surface area contributed by atoms with Crippen molar-refractivity contribution >= 4 is 12.0 Å². The second-order valence-electron chi connectivity index (χ2n) is 2.85. The first kappa shape index (κ1) is 11.0. The van der Waals surface area contributed by atoms with Gasteiger partial charge in [0.25, 0.3) is 5.91 Å². The maximum absolute atomic E-state index is 11.7. The Morgan fingerprint density at radius 1 is 1.33 bits per heavy atom. The molecule has 0 heterocycles. The van der Waals surface area contributed by atoms with E-state index in [2.05, 4.69) is 6.58 Å². The van der Waals surface area contributed by atoms with Gasteiger partial charge in [-0.2, -0.15) is 0 Å². The van der Waals surface area contributed by atoms with Gasteiger partial charge in [0.1, 0.15) is 0 Å². The second kappa shape index (κ2) is 4.95. The van der Waals surface area contributed by atoms with Crippen LogP contribution in [0.15, 0.2) is 43.0 Å². The van der Waals surface area contributed by atoms with Gasteiger partial charge in [0.2, 0.25) is 0 Å². The molecule has 1 N–H and O–H groups in total. The number of carboxylic acid groups (broad SMARTS) is 1. The first-order valence-corrected chi connectivity index (χ1v) is 4.37. The van der Waals surface area contributed by atoms with Crippen molar-refractivity contribution in [2.75, 3.05) is 6.54 Å². The van der Waals surface area contributed by atoms with Gasteiger partial charge in [0, 0.05) is 5.56 Å². The Bertz CT molecular complexity index is 373. The van der Waals surface area contributed by atoms with Gasteiger partial charge in [-0.25, -0.2) is 9.69 Å². The molecule has 1 rings (SSSR count). The number of carbonyl (C=O) groups excluding carboxylic acids is 1. The van der Waals surface area contributed by atoms with Gasteiger partial charge in [-0.15, -0.1) is 6.58 Å². The standard InChI is InChI=1S/C11H11NO3/c1-2-8-12(11(14)15)10(13)9-6-4-3-5-7-9/h2-7H,1,8H2,(H,14,15). The van der Waals surface area contributed by atoms with Crippen molar-refractivity contribution in [3.8, 4) is 0 Å². The molecular weight excluding hydrogens is 194 g/mol. The van der Waals surface area contributed by atoms with E-state index in [1.165, 1.54) is 6.08 Å². The third kappa shape index (κ3) is 2.67. The quantitative estimate of drug-likeness (QED) is 0.768. The van der Waals surface area contributed by atoms with Crippen LogP contribution < -0.4 is 0 Å². The fraction of sp³-hybridized carbons (Fsp3) is 0.0909. The molecule has 0 saturated carbocycles. The molecule has 0 radical (unpaired) electrons. The summed E-state index contributed by atoms with van der Waals surface area (Å²) in [4.78, 5) is 23.1. The Labute approximate surface area is 87.4 Å². The Balaban J connectivity index is 2.91. The van der Waals surface area contributed by atoms with Crippen molar-refractivity contribution in [2.24, 2.45) is 0 Å². The number of benzene rings is 1. The zero-order valence-electron chi connectivity index (χ0n) is 8.09. The molecule has 0 bridgehead atoms. The van der Waals surface area contributed by atoms with E-state index in [9.17, 15) is 9.59 Å². The lowest BCUT2D eigenvalue weighted by molar-refractivity contribution is 0.0760. The largest absolute Gasteiger partial charge is 0.465 e. The van der Waals surface area contributed by atoms with Crippen LogP contribution in [0.2, 0.25) is 0 Å². The maximum atomic E-state index is 11.7. The number of carbonyl (C=O) groups is 2. The molecule has 0 saturated heterocycles. The van der Waals surface area contributed by atoms with Gasteiger partial charge in [-0.1, -0.05) is 24.3 Å². The smallest absolute Gasteiger partial charge is 0.414 e. The summed E-state index contributed by atoms with van der Waals surface area (Å²) in [6.07, 6.45) is 0.0957. The lowest BCUT2D eigenvalue weighted by Crippen LogP contribution is -2.35. The average molecular weight is 205 g/mol. The molecule has 4 heteroatoms. The van der Waals surface area contributed by atoms with E-state index < -0.39 is 12.0 Å². The molecule has 0 aliphatic rings. The van der Waals surface area contributed by atoms with Gasteiger partial charge in [-0.3, -0.25) is 4.79 Å². The Morgan fingerprint density at radius 3 is 2.40 bits per heavy atom. The zero-order valence-corrected chi connectivity index (χ0v) is 8.09. The molecule has 0 spiro atoms. The van der Waals surface area contributed by atoms with Gasteiger partial charge in [-0.05, 0) is 12.1 Å². The Hall–Kier alpha value is -2.10. The van der Waals surface area contributed by atoms with Crippen LogP contribution in [0.1, 0.15) is 10.4 Å². The van der Waals surface area contributed by atoms with Gasteiger partial charge >= 0.3 is 6.09 Å². The van der Waals surface area contributed by atoms with E-state index in [-0.39, 0.29) is 6.54 Å². The highest BCUT2D eigenvalue weighted by atomic mass is 16.4. The highest BCUT2D eigenvalue weighted by Crippen LogP contribution is 2.04. The molecular formula is C11H11NO3. The topological polar surface area (TPSA) is 57.6 Å². The van der Waals surface area contributed by atoms with Crippen molar-refractivity contribution < 1.29 is 14.7 Å². The van der Waals surface area contributed by atoms with Crippen LogP contribution >= 0.6 is 0 Å². The van der Waals surface area contributed by atoms with Crippen molar-refractivity contribution in [3.63, 3.8) is 0 Å². The van der Waals surface area contributed by atoms with Gasteiger partial charge in [0.05, 0.1) is 6.54 Å². The van der Waals surface area contributed by atoms with Crippen molar-refractivity contribution in [1.29, 1.82) is 0 Å². The van der Waals surface area contributed by atoms with E-state index in [4.69, 9.17) is 5.11 Å². The molecule has 0 aliphatic heterocycles. The van der Waals surface area contributed by atoms with Crippen LogP contribution in [-0.4, -0.2) is 28.6 Å². The Morgan fingerprint density at radius 2 is 1.93 bits per heavy atom. The van der Waals surface area contributed by atoms with Gasteiger partial charge < -0.3 is 5.11 Å². The monoisotopic (exact) mass is 205 g/mol. The molecule has 0 fully saturated rings. The molecule has 78 valence electrons. The van der Waals surface area contributed by atoms with Gasteiger partial charge in [0.15, 0.2) is 0 Å². The summed E-state index contributed by atoms with van der Waals surface area (Å²) in [7, 11) is 0. The predicted molar refractivity (Wildman–Crippen MR) is 55.7 cm³/mol. The first-order valence-electron chi connectivity index (χ1n) is 4.37. The highest BCUT2D eigenvalue weighted by molar-refractivity contribution is 6.02. The molecule has 0 atom stereocenters. The molecule has 0 aromatic heterocycles. The number of rotatable bonds is 3. The number of amides is 2. The summed E-state index contributed by atoms with van der Waals surface area (Å²) in [5.74, 6) is -0.539. The summed E-state index contributed by atoms with van der Waals surface area (Å²) in [6.45, 7) is 3.39. The maximum Gasteiger partial charge on any atom is 0.414 e. The van der Waals surface area contributed by atoms with E-state index >= 15 is 0 Å². The first-order chi connectivity index (χ1) is 7.16. The lowest BCUT2D eigenvalue weighted by atomic mass is 10.2. The minimum atomic E-state index is -1.27. The summed E-state index contributed by atoms with van der Waals surface area (Å²) < 4.78 is 0. The number of hydrogen-bond donors (Lipinski definition) is 1. The molecule has 1 aromatic carbocycles. The predicted octanol–water partition coefficient (Wildman–Crippen LogP) is 1.99. The fourth-order valence-corrected chi connectivity index (χ4v) is 1.11. The molecule has 0 aliphatic carbocycles. The summed E-state index contributed by atoms with van der Waals surface area (Å²) in [5.41, 5.74) is 0.349. The molecule has 15 heavy (non-hydrogen) atoms.